The van der Waals surface area contributed by atoms with E-state index >= 15 is 0 Å². The van der Waals surface area contributed by atoms with Crippen molar-refractivity contribution in [1.29, 1.82) is 0 Å². The van der Waals surface area contributed by atoms with E-state index in [1.165, 1.54) is 0 Å². The molecular weight excluding hydrogens is 282 g/mol. The van der Waals surface area contributed by atoms with Crippen LogP contribution in [0.25, 0.3) is 0 Å². The molecule has 3 nitrogen and oxygen atoms in total. The highest BCUT2D eigenvalue weighted by Crippen LogP contribution is 2.20. The van der Waals surface area contributed by atoms with Crippen LogP contribution in [0.4, 0.5) is 0 Å². The quantitative estimate of drug-likeness (QED) is 0.580. The first-order valence-electron chi connectivity index (χ1n) is 6.72. The minimum absolute atomic E-state index is 0.283. The molecule has 1 N–H and O–H groups in total. The molecule has 0 unspecified atom stereocenters. The van der Waals surface area contributed by atoms with Gasteiger partial charge in [-0.15, -0.1) is 0 Å². The van der Waals surface area contributed by atoms with Gasteiger partial charge in [-0.2, -0.15) is 0 Å². The molecule has 0 saturated carbocycles. The lowest BCUT2D eigenvalue weighted by molar-refractivity contribution is -0.132. The maximum Gasteiger partial charge on any atom is 0.222 e. The van der Waals surface area contributed by atoms with Crippen LogP contribution in [0.5, 0.6) is 0 Å². The van der Waals surface area contributed by atoms with E-state index in [4.69, 9.17) is 5.11 Å². The molecule has 17 heavy (non-hydrogen) atoms. The van der Waals surface area contributed by atoms with Crippen LogP contribution in [0.1, 0.15) is 44.9 Å². The normalized spacial score (nSPS) is 17.4. The summed E-state index contributed by atoms with van der Waals surface area (Å²) in [5.41, 5.74) is 0. The number of nitrogens with zero attached hydrogens (tertiary/aromatic N) is 1. The number of aliphatic hydroxyl groups excluding tert-OH is 1. The summed E-state index contributed by atoms with van der Waals surface area (Å²) in [6.07, 6.45) is 7.04. The second kappa shape index (κ2) is 8.92. The standard InChI is InChI=1S/C13H24BrNO2/c14-8-3-1-2-4-13(17)15-9-5-12(6-10-15)7-11-16/h12,16H,1-11H2. The molecule has 1 fully saturated rings. The number of alkyl halides is 1. The molecule has 0 aliphatic carbocycles. The maximum absolute atomic E-state index is 11.9. The molecule has 1 amide bonds. The van der Waals surface area contributed by atoms with Gasteiger partial charge in [0.25, 0.3) is 0 Å². The molecule has 0 aromatic carbocycles. The first-order valence-corrected chi connectivity index (χ1v) is 7.84. The number of likely N-dealkylation sites (tertiary alicyclic amines) is 1. The van der Waals surface area contributed by atoms with Crippen LogP contribution in [0, 0.1) is 5.92 Å². The van der Waals surface area contributed by atoms with Gasteiger partial charge < -0.3 is 10.0 Å². The van der Waals surface area contributed by atoms with Crippen molar-refractivity contribution in [3.63, 3.8) is 0 Å². The predicted octanol–water partition coefficient (Wildman–Crippen LogP) is 2.56. The molecule has 1 heterocycles. The molecule has 0 aromatic heterocycles. The van der Waals surface area contributed by atoms with Gasteiger partial charge in [-0.1, -0.05) is 22.4 Å². The average molecular weight is 306 g/mol. The molecule has 0 atom stereocenters. The number of hydrogen-bond acceptors (Lipinski definition) is 2. The van der Waals surface area contributed by atoms with Gasteiger partial charge in [0.15, 0.2) is 0 Å². The van der Waals surface area contributed by atoms with Crippen LogP contribution >= 0.6 is 15.9 Å². The van der Waals surface area contributed by atoms with Gasteiger partial charge in [-0.3, -0.25) is 4.79 Å². The summed E-state index contributed by atoms with van der Waals surface area (Å²) in [5.74, 6) is 0.944. The van der Waals surface area contributed by atoms with E-state index in [9.17, 15) is 4.79 Å². The molecule has 1 saturated heterocycles. The van der Waals surface area contributed by atoms with Crippen molar-refractivity contribution in [3.8, 4) is 0 Å². The van der Waals surface area contributed by atoms with Crippen LogP contribution < -0.4 is 0 Å². The third-order valence-electron chi connectivity index (χ3n) is 3.53. The molecule has 0 spiro atoms. The molecule has 1 rings (SSSR count). The molecular formula is C13H24BrNO2. The van der Waals surface area contributed by atoms with E-state index < -0.39 is 0 Å². The Kier molecular flexibility index (Phi) is 7.86. The number of aliphatic hydroxyl groups is 1. The molecule has 0 aromatic rings. The van der Waals surface area contributed by atoms with E-state index in [0.29, 0.717) is 18.2 Å². The summed E-state index contributed by atoms with van der Waals surface area (Å²) < 4.78 is 0. The van der Waals surface area contributed by atoms with Crippen LogP contribution in [0.3, 0.4) is 0 Å². The highest BCUT2D eigenvalue weighted by molar-refractivity contribution is 9.09. The van der Waals surface area contributed by atoms with E-state index in [2.05, 4.69) is 15.9 Å². The molecule has 1 aliphatic heterocycles. The molecule has 100 valence electrons. The molecule has 0 radical (unpaired) electrons. The monoisotopic (exact) mass is 305 g/mol. The van der Waals surface area contributed by atoms with Gasteiger partial charge >= 0.3 is 0 Å². The number of halogens is 1. The van der Waals surface area contributed by atoms with Crippen LogP contribution in [-0.4, -0.2) is 40.9 Å². The topological polar surface area (TPSA) is 40.5 Å². The van der Waals surface area contributed by atoms with Crippen LogP contribution in [0.2, 0.25) is 0 Å². The number of unbranched alkanes of at least 4 members (excludes halogenated alkanes) is 2. The van der Waals surface area contributed by atoms with Crippen molar-refractivity contribution >= 4 is 21.8 Å². The fourth-order valence-corrected chi connectivity index (χ4v) is 2.76. The minimum Gasteiger partial charge on any atom is -0.396 e. The Morgan fingerprint density at radius 1 is 1.24 bits per heavy atom. The molecule has 4 heteroatoms. The summed E-state index contributed by atoms with van der Waals surface area (Å²) >= 11 is 3.40. The minimum atomic E-state index is 0.283. The largest absolute Gasteiger partial charge is 0.396 e. The lowest BCUT2D eigenvalue weighted by Crippen LogP contribution is -2.38. The highest BCUT2D eigenvalue weighted by Gasteiger charge is 2.21. The van der Waals surface area contributed by atoms with E-state index in [1.807, 2.05) is 4.90 Å². The molecule has 0 bridgehead atoms. The third kappa shape index (κ3) is 5.87. The van der Waals surface area contributed by atoms with E-state index in [1.54, 1.807) is 0 Å². The van der Waals surface area contributed by atoms with Gasteiger partial charge in [0, 0.05) is 31.4 Å². The summed E-state index contributed by atoms with van der Waals surface area (Å²) in [5, 5.41) is 9.91. The Hall–Kier alpha value is -0.0900. The first kappa shape index (κ1) is 15.0. The predicted molar refractivity (Wildman–Crippen MR) is 73.3 cm³/mol. The number of amides is 1. The van der Waals surface area contributed by atoms with Crippen molar-refractivity contribution in [1.82, 2.24) is 4.90 Å². The Labute approximate surface area is 113 Å². The summed E-state index contributed by atoms with van der Waals surface area (Å²) in [7, 11) is 0. The van der Waals surface area contributed by atoms with Gasteiger partial charge in [0.05, 0.1) is 0 Å². The average Bonchev–Trinajstić information content (AvgIpc) is 2.36. The van der Waals surface area contributed by atoms with Gasteiger partial charge in [0.1, 0.15) is 0 Å². The van der Waals surface area contributed by atoms with Gasteiger partial charge in [-0.25, -0.2) is 0 Å². The number of carbonyl (C=O) groups excluding carboxylic acids is 1. The second-order valence-corrected chi connectivity index (χ2v) is 5.63. The van der Waals surface area contributed by atoms with Gasteiger partial charge in [0.2, 0.25) is 5.91 Å². The van der Waals surface area contributed by atoms with Gasteiger partial charge in [-0.05, 0) is 38.0 Å². The first-order chi connectivity index (χ1) is 8.27. The highest BCUT2D eigenvalue weighted by atomic mass is 79.9. The maximum atomic E-state index is 11.9. The lowest BCUT2D eigenvalue weighted by Gasteiger charge is -2.31. The van der Waals surface area contributed by atoms with Crippen LogP contribution in [0.15, 0.2) is 0 Å². The van der Waals surface area contributed by atoms with Crippen molar-refractivity contribution < 1.29 is 9.90 Å². The van der Waals surface area contributed by atoms with E-state index in [-0.39, 0.29) is 6.61 Å². The summed E-state index contributed by atoms with van der Waals surface area (Å²) in [4.78, 5) is 13.9. The second-order valence-electron chi connectivity index (χ2n) is 4.84. The summed E-state index contributed by atoms with van der Waals surface area (Å²) in [6.45, 7) is 2.06. The Bertz CT molecular complexity index is 215. The number of carbonyl (C=O) groups is 1. The van der Waals surface area contributed by atoms with Crippen molar-refractivity contribution in [2.24, 2.45) is 5.92 Å². The zero-order valence-corrected chi connectivity index (χ0v) is 12.1. The zero-order valence-electron chi connectivity index (χ0n) is 10.5. The number of hydrogen-bond donors (Lipinski definition) is 1. The van der Waals surface area contributed by atoms with Crippen molar-refractivity contribution in [2.45, 2.75) is 44.9 Å². The fourth-order valence-electron chi connectivity index (χ4n) is 2.36. The fraction of sp³-hybridized carbons (Fsp3) is 0.923. The Morgan fingerprint density at radius 3 is 2.53 bits per heavy atom. The Balaban J connectivity index is 2.12. The van der Waals surface area contributed by atoms with E-state index in [0.717, 1.165) is 56.9 Å². The SMILES string of the molecule is O=C(CCCCCBr)N1CCC(CCO)CC1. The number of piperidine rings is 1. The number of rotatable bonds is 7. The third-order valence-corrected chi connectivity index (χ3v) is 4.09. The Morgan fingerprint density at radius 2 is 1.94 bits per heavy atom. The van der Waals surface area contributed by atoms with Crippen molar-refractivity contribution in [2.75, 3.05) is 25.0 Å². The zero-order chi connectivity index (χ0) is 12.5. The van der Waals surface area contributed by atoms with Crippen molar-refractivity contribution in [3.05, 3.63) is 0 Å². The molecule has 1 aliphatic rings. The lowest BCUT2D eigenvalue weighted by atomic mass is 9.94. The van der Waals surface area contributed by atoms with Crippen LogP contribution in [-0.2, 0) is 4.79 Å². The summed E-state index contributed by atoms with van der Waals surface area (Å²) in [6, 6.07) is 0. The smallest absolute Gasteiger partial charge is 0.222 e.